The van der Waals surface area contributed by atoms with Gasteiger partial charge in [-0.25, -0.2) is 0 Å². The van der Waals surface area contributed by atoms with Crippen LogP contribution in [-0.4, -0.2) is 56.0 Å². The molecule has 0 saturated carbocycles. The number of nitrogens with zero attached hydrogens (tertiary/aromatic N) is 1. The fraction of sp³-hybridized carbons (Fsp3) is 1.00. The lowest BCUT2D eigenvalue weighted by molar-refractivity contribution is -0.0776. The number of morpholine rings is 1. The molecule has 2 heterocycles. The van der Waals surface area contributed by atoms with Gasteiger partial charge in [-0.1, -0.05) is 6.92 Å². The highest BCUT2D eigenvalue weighted by molar-refractivity contribution is 4.93. The maximum atomic E-state index is 6.12. The molecule has 0 aromatic rings. The molecular formula is C12H24N2O2. The van der Waals surface area contributed by atoms with Crippen LogP contribution in [-0.2, 0) is 9.47 Å². The summed E-state index contributed by atoms with van der Waals surface area (Å²) in [5.41, 5.74) is 6.22. The molecule has 2 saturated heterocycles. The van der Waals surface area contributed by atoms with E-state index in [1.165, 1.54) is 0 Å². The van der Waals surface area contributed by atoms with Crippen LogP contribution in [0.5, 0.6) is 0 Å². The molecule has 0 bridgehead atoms. The van der Waals surface area contributed by atoms with E-state index in [0.29, 0.717) is 18.8 Å². The van der Waals surface area contributed by atoms with Gasteiger partial charge in [0.15, 0.2) is 0 Å². The third kappa shape index (κ3) is 2.56. The predicted molar refractivity (Wildman–Crippen MR) is 63.4 cm³/mol. The molecule has 2 rings (SSSR count). The van der Waals surface area contributed by atoms with Gasteiger partial charge in [-0.05, 0) is 13.8 Å². The van der Waals surface area contributed by atoms with Crippen molar-refractivity contribution in [2.24, 2.45) is 11.1 Å². The quantitative estimate of drug-likeness (QED) is 0.746. The summed E-state index contributed by atoms with van der Waals surface area (Å²) in [5, 5.41) is 0. The summed E-state index contributed by atoms with van der Waals surface area (Å²) in [6.45, 7) is 11.0. The zero-order valence-electron chi connectivity index (χ0n) is 10.6. The van der Waals surface area contributed by atoms with Crippen LogP contribution in [0.4, 0.5) is 0 Å². The van der Waals surface area contributed by atoms with Crippen LogP contribution in [0.1, 0.15) is 20.8 Å². The number of rotatable bonds is 2. The molecule has 2 fully saturated rings. The minimum absolute atomic E-state index is 0.108. The van der Waals surface area contributed by atoms with Gasteiger partial charge in [-0.3, -0.25) is 4.90 Å². The lowest BCUT2D eigenvalue weighted by Gasteiger charge is -2.40. The first-order valence-corrected chi connectivity index (χ1v) is 6.21. The molecule has 4 nitrogen and oxygen atoms in total. The van der Waals surface area contributed by atoms with Gasteiger partial charge in [0.2, 0.25) is 0 Å². The molecule has 4 heteroatoms. The van der Waals surface area contributed by atoms with Crippen molar-refractivity contribution < 1.29 is 9.47 Å². The van der Waals surface area contributed by atoms with Crippen molar-refractivity contribution in [3.63, 3.8) is 0 Å². The SMILES string of the molecule is CC1CN(CC2(C)COCC2N)CC(C)O1. The van der Waals surface area contributed by atoms with Crippen molar-refractivity contribution in [3.05, 3.63) is 0 Å². The van der Waals surface area contributed by atoms with Crippen LogP contribution in [0.25, 0.3) is 0 Å². The average Bonchev–Trinajstić information content (AvgIpc) is 2.44. The van der Waals surface area contributed by atoms with Gasteiger partial charge in [0.25, 0.3) is 0 Å². The normalized spacial score (nSPS) is 46.1. The molecule has 94 valence electrons. The maximum absolute atomic E-state index is 6.12. The minimum Gasteiger partial charge on any atom is -0.379 e. The predicted octanol–water partition coefficient (Wildman–Crippen LogP) is 0.459. The Morgan fingerprint density at radius 2 is 1.94 bits per heavy atom. The van der Waals surface area contributed by atoms with Gasteiger partial charge >= 0.3 is 0 Å². The van der Waals surface area contributed by atoms with Gasteiger partial charge in [-0.15, -0.1) is 0 Å². The van der Waals surface area contributed by atoms with E-state index in [1.54, 1.807) is 0 Å². The Kier molecular flexibility index (Phi) is 3.54. The van der Waals surface area contributed by atoms with Gasteiger partial charge in [-0.2, -0.15) is 0 Å². The van der Waals surface area contributed by atoms with Crippen LogP contribution in [0.2, 0.25) is 0 Å². The first kappa shape index (κ1) is 12.3. The van der Waals surface area contributed by atoms with Crippen molar-refractivity contribution in [1.29, 1.82) is 0 Å². The highest BCUT2D eigenvalue weighted by Gasteiger charge is 2.40. The first-order chi connectivity index (χ1) is 7.49. The second kappa shape index (κ2) is 4.61. The van der Waals surface area contributed by atoms with Crippen molar-refractivity contribution in [1.82, 2.24) is 4.90 Å². The van der Waals surface area contributed by atoms with Crippen molar-refractivity contribution in [2.75, 3.05) is 32.8 Å². The summed E-state index contributed by atoms with van der Waals surface area (Å²) in [6.07, 6.45) is 0.650. The molecule has 0 spiro atoms. The molecule has 16 heavy (non-hydrogen) atoms. The molecule has 0 aromatic carbocycles. The summed E-state index contributed by atoms with van der Waals surface area (Å²) in [5.74, 6) is 0. The van der Waals surface area contributed by atoms with Crippen LogP contribution in [0.3, 0.4) is 0 Å². The maximum Gasteiger partial charge on any atom is 0.0678 e. The van der Waals surface area contributed by atoms with E-state index < -0.39 is 0 Å². The third-order valence-corrected chi connectivity index (χ3v) is 3.70. The minimum atomic E-state index is 0.108. The van der Waals surface area contributed by atoms with E-state index in [9.17, 15) is 0 Å². The number of ether oxygens (including phenoxy) is 2. The molecule has 2 N–H and O–H groups in total. The molecule has 4 unspecified atom stereocenters. The van der Waals surface area contributed by atoms with Gasteiger partial charge < -0.3 is 15.2 Å². The Bertz CT molecular complexity index is 239. The van der Waals surface area contributed by atoms with E-state index in [4.69, 9.17) is 15.2 Å². The molecule has 0 amide bonds. The van der Waals surface area contributed by atoms with Crippen molar-refractivity contribution >= 4 is 0 Å². The largest absolute Gasteiger partial charge is 0.379 e. The summed E-state index contributed by atoms with van der Waals surface area (Å²) in [6, 6.07) is 0.168. The molecule has 0 aromatic heterocycles. The van der Waals surface area contributed by atoms with E-state index in [1.807, 2.05) is 0 Å². The number of hydrogen-bond donors (Lipinski definition) is 1. The van der Waals surface area contributed by atoms with E-state index in [0.717, 1.165) is 26.2 Å². The molecule has 2 aliphatic rings. The van der Waals surface area contributed by atoms with Gasteiger partial charge in [0.1, 0.15) is 0 Å². The Morgan fingerprint density at radius 3 is 2.44 bits per heavy atom. The fourth-order valence-electron chi connectivity index (χ4n) is 2.81. The van der Waals surface area contributed by atoms with Crippen LogP contribution in [0.15, 0.2) is 0 Å². The second-order valence-electron chi connectivity index (χ2n) is 5.73. The lowest BCUT2D eigenvalue weighted by atomic mass is 9.85. The highest BCUT2D eigenvalue weighted by Crippen LogP contribution is 2.29. The topological polar surface area (TPSA) is 47.7 Å². The van der Waals surface area contributed by atoms with Crippen LogP contribution in [0, 0.1) is 5.41 Å². The molecule has 4 atom stereocenters. The van der Waals surface area contributed by atoms with E-state index in [2.05, 4.69) is 25.7 Å². The van der Waals surface area contributed by atoms with Crippen LogP contribution < -0.4 is 5.73 Å². The Labute approximate surface area is 98.1 Å². The Morgan fingerprint density at radius 1 is 1.31 bits per heavy atom. The van der Waals surface area contributed by atoms with Crippen molar-refractivity contribution in [2.45, 2.75) is 39.0 Å². The third-order valence-electron chi connectivity index (χ3n) is 3.70. The van der Waals surface area contributed by atoms with Crippen LogP contribution >= 0.6 is 0 Å². The number of hydrogen-bond acceptors (Lipinski definition) is 4. The van der Waals surface area contributed by atoms with Gasteiger partial charge in [0, 0.05) is 31.1 Å². The monoisotopic (exact) mass is 228 g/mol. The lowest BCUT2D eigenvalue weighted by Crippen LogP contribution is -2.53. The summed E-state index contributed by atoms with van der Waals surface area (Å²) >= 11 is 0. The summed E-state index contributed by atoms with van der Waals surface area (Å²) in [7, 11) is 0. The molecule has 2 aliphatic heterocycles. The zero-order valence-corrected chi connectivity index (χ0v) is 10.6. The zero-order chi connectivity index (χ0) is 11.8. The first-order valence-electron chi connectivity index (χ1n) is 6.21. The van der Waals surface area contributed by atoms with Gasteiger partial charge in [0.05, 0.1) is 25.4 Å². The molecule has 0 radical (unpaired) electrons. The standard InChI is InChI=1S/C12H24N2O2/c1-9-4-14(5-10(2)16-9)7-12(3)8-15-6-11(12)13/h9-11H,4-8,13H2,1-3H3. The highest BCUT2D eigenvalue weighted by atomic mass is 16.5. The Hall–Kier alpha value is -0.160. The Balaban J connectivity index is 1.93. The summed E-state index contributed by atoms with van der Waals surface area (Å²) in [4.78, 5) is 2.47. The average molecular weight is 228 g/mol. The van der Waals surface area contributed by atoms with Crippen molar-refractivity contribution in [3.8, 4) is 0 Å². The van der Waals surface area contributed by atoms with E-state index in [-0.39, 0.29) is 11.5 Å². The second-order valence-corrected chi connectivity index (χ2v) is 5.73. The molecular weight excluding hydrogens is 204 g/mol. The smallest absolute Gasteiger partial charge is 0.0678 e. The fourth-order valence-corrected chi connectivity index (χ4v) is 2.81. The molecule has 0 aliphatic carbocycles. The summed E-state index contributed by atoms with van der Waals surface area (Å²) < 4.78 is 11.2. The number of nitrogens with two attached hydrogens (primary N) is 1. The van der Waals surface area contributed by atoms with E-state index >= 15 is 0 Å².